The maximum atomic E-state index is 12.9. The van der Waals surface area contributed by atoms with Crippen LogP contribution in [0.5, 0.6) is 5.75 Å². The molecule has 0 fully saturated rings. The minimum Gasteiger partial charge on any atom is -0.481 e. The smallest absolute Gasteiger partial charge is 0.330 e. The summed E-state index contributed by atoms with van der Waals surface area (Å²) in [5.74, 6) is 0.114. The van der Waals surface area contributed by atoms with Crippen LogP contribution in [0, 0.1) is 0 Å². The van der Waals surface area contributed by atoms with Crippen LogP contribution < -0.4 is 26.6 Å². The number of hydrogen-bond acceptors (Lipinski definition) is 5. The number of anilines is 2. The predicted octanol–water partition coefficient (Wildman–Crippen LogP) is 1.74. The lowest BCUT2D eigenvalue weighted by Gasteiger charge is -2.26. The molecule has 0 aliphatic carbocycles. The first-order valence-corrected chi connectivity index (χ1v) is 9.06. The maximum absolute atomic E-state index is 12.9. The second-order valence-corrected chi connectivity index (χ2v) is 6.15. The normalized spacial score (nSPS) is 11.8. The summed E-state index contributed by atoms with van der Waals surface area (Å²) in [5, 5.41) is 0. The Labute approximate surface area is 157 Å². The van der Waals surface area contributed by atoms with Crippen molar-refractivity contribution in [3.63, 3.8) is 0 Å². The number of H-pyrrole nitrogens is 1. The molecule has 0 saturated heterocycles. The number of likely N-dealkylation sites (N-methyl/N-ethyl adjacent to an activating group) is 1. The molecule has 3 N–H and O–H groups in total. The molecule has 0 aliphatic rings. The molecule has 1 unspecified atom stereocenters. The van der Waals surface area contributed by atoms with E-state index in [9.17, 15) is 14.4 Å². The highest BCUT2D eigenvalue weighted by Crippen LogP contribution is 2.19. The summed E-state index contributed by atoms with van der Waals surface area (Å²) >= 11 is 0. The summed E-state index contributed by atoms with van der Waals surface area (Å²) in [5.41, 5.74) is 4.81. The van der Waals surface area contributed by atoms with Crippen molar-refractivity contribution in [2.45, 2.75) is 46.3 Å². The molecular formula is C19H26N4O4. The van der Waals surface area contributed by atoms with E-state index in [1.165, 1.54) is 9.47 Å². The first kappa shape index (κ1) is 20.3. The van der Waals surface area contributed by atoms with Crippen molar-refractivity contribution in [3.8, 4) is 5.75 Å². The predicted molar refractivity (Wildman–Crippen MR) is 105 cm³/mol. The summed E-state index contributed by atoms with van der Waals surface area (Å²) < 4.78 is 6.96. The van der Waals surface area contributed by atoms with E-state index in [4.69, 9.17) is 10.5 Å². The monoisotopic (exact) mass is 374 g/mol. The zero-order chi connectivity index (χ0) is 20.0. The lowest BCUT2D eigenvalue weighted by Crippen LogP contribution is -2.45. The summed E-state index contributed by atoms with van der Waals surface area (Å²) in [6.07, 6.45) is 0.754. The van der Waals surface area contributed by atoms with Crippen molar-refractivity contribution >= 4 is 17.4 Å². The van der Waals surface area contributed by atoms with Gasteiger partial charge in [0.25, 0.3) is 11.5 Å². The van der Waals surface area contributed by atoms with Crippen molar-refractivity contribution in [2.75, 3.05) is 17.2 Å². The largest absolute Gasteiger partial charge is 0.481 e. The number of aromatic amines is 1. The Balaban J connectivity index is 2.37. The molecule has 0 bridgehead atoms. The van der Waals surface area contributed by atoms with Gasteiger partial charge in [-0.3, -0.25) is 19.1 Å². The molecule has 2 aromatic rings. The van der Waals surface area contributed by atoms with Crippen LogP contribution in [-0.4, -0.2) is 28.1 Å². The molecule has 1 aromatic carbocycles. The summed E-state index contributed by atoms with van der Waals surface area (Å²) in [7, 11) is 0. The van der Waals surface area contributed by atoms with Gasteiger partial charge in [-0.1, -0.05) is 31.5 Å². The van der Waals surface area contributed by atoms with E-state index in [1.54, 1.807) is 38.1 Å². The van der Waals surface area contributed by atoms with Crippen LogP contribution in [0.3, 0.4) is 0 Å². The second kappa shape index (κ2) is 9.07. The number of ether oxygens (including phenoxy) is 1. The molecule has 0 saturated carbocycles. The number of carbonyl (C=O) groups is 1. The Hall–Kier alpha value is -3.03. The Kier molecular flexibility index (Phi) is 6.81. The first-order valence-electron chi connectivity index (χ1n) is 9.06. The zero-order valence-electron chi connectivity index (χ0n) is 15.9. The van der Waals surface area contributed by atoms with Crippen molar-refractivity contribution in [1.82, 2.24) is 9.55 Å². The van der Waals surface area contributed by atoms with Crippen LogP contribution in [0.2, 0.25) is 0 Å². The number of para-hydroxylation sites is 1. The summed E-state index contributed by atoms with van der Waals surface area (Å²) in [6, 6.07) is 8.93. The number of amides is 1. The lowest BCUT2D eigenvalue weighted by atomic mass is 10.2. The highest BCUT2D eigenvalue weighted by atomic mass is 16.5. The van der Waals surface area contributed by atoms with Gasteiger partial charge in [0, 0.05) is 13.1 Å². The lowest BCUT2D eigenvalue weighted by molar-refractivity contribution is -0.124. The van der Waals surface area contributed by atoms with Gasteiger partial charge in [-0.25, -0.2) is 4.79 Å². The molecule has 146 valence electrons. The van der Waals surface area contributed by atoms with E-state index in [0.29, 0.717) is 12.3 Å². The minimum absolute atomic E-state index is 0.0145. The Morgan fingerprint density at radius 3 is 2.52 bits per heavy atom. The highest BCUT2D eigenvalue weighted by Gasteiger charge is 2.27. The maximum Gasteiger partial charge on any atom is 0.330 e. The van der Waals surface area contributed by atoms with Gasteiger partial charge in [0.2, 0.25) is 0 Å². The van der Waals surface area contributed by atoms with E-state index in [0.717, 1.165) is 12.8 Å². The van der Waals surface area contributed by atoms with Crippen LogP contribution in [0.15, 0.2) is 39.9 Å². The Bertz CT molecular complexity index is 889. The highest BCUT2D eigenvalue weighted by molar-refractivity contribution is 5.98. The van der Waals surface area contributed by atoms with Crippen molar-refractivity contribution in [1.29, 1.82) is 0 Å². The molecule has 1 heterocycles. The fourth-order valence-electron chi connectivity index (χ4n) is 2.77. The Morgan fingerprint density at radius 1 is 1.26 bits per heavy atom. The third-order valence-corrected chi connectivity index (χ3v) is 4.21. The van der Waals surface area contributed by atoms with Gasteiger partial charge in [0.05, 0.1) is 0 Å². The number of nitrogens with one attached hydrogen (secondary N) is 1. The van der Waals surface area contributed by atoms with Crippen LogP contribution in [0.4, 0.5) is 11.5 Å². The molecule has 0 aliphatic heterocycles. The average Bonchev–Trinajstić information content (AvgIpc) is 2.65. The molecule has 2 rings (SSSR count). The molecule has 27 heavy (non-hydrogen) atoms. The minimum atomic E-state index is -0.831. The number of nitrogen functional groups attached to an aromatic ring is 1. The third-order valence-electron chi connectivity index (χ3n) is 4.21. The van der Waals surface area contributed by atoms with E-state index in [-0.39, 0.29) is 18.1 Å². The number of aromatic nitrogens is 2. The number of carbonyl (C=O) groups excluding carboxylic acids is 1. The molecule has 8 nitrogen and oxygen atoms in total. The van der Waals surface area contributed by atoms with E-state index in [1.807, 2.05) is 13.0 Å². The number of rotatable bonds is 8. The summed E-state index contributed by atoms with van der Waals surface area (Å²) in [4.78, 5) is 40.9. The number of unbranched alkanes of at least 4 members (excludes halogenated alkanes) is 1. The molecule has 0 spiro atoms. The first-order chi connectivity index (χ1) is 12.9. The van der Waals surface area contributed by atoms with E-state index in [2.05, 4.69) is 4.98 Å². The molecule has 1 aromatic heterocycles. The van der Waals surface area contributed by atoms with Crippen LogP contribution in [0.25, 0.3) is 0 Å². The number of nitrogens with two attached hydrogens (primary N) is 1. The van der Waals surface area contributed by atoms with Crippen LogP contribution in [-0.2, 0) is 11.3 Å². The topological polar surface area (TPSA) is 110 Å². The number of hydrogen-bond donors (Lipinski definition) is 2. The zero-order valence-corrected chi connectivity index (χ0v) is 15.9. The number of benzene rings is 1. The molecule has 1 atom stereocenters. The van der Waals surface area contributed by atoms with Gasteiger partial charge >= 0.3 is 5.69 Å². The second-order valence-electron chi connectivity index (χ2n) is 6.15. The molecule has 1 amide bonds. The van der Waals surface area contributed by atoms with Gasteiger partial charge in [0.15, 0.2) is 11.8 Å². The summed E-state index contributed by atoms with van der Waals surface area (Å²) in [6.45, 7) is 5.90. The van der Waals surface area contributed by atoms with E-state index >= 15 is 0 Å². The van der Waals surface area contributed by atoms with Crippen LogP contribution >= 0.6 is 0 Å². The fourth-order valence-corrected chi connectivity index (χ4v) is 2.77. The van der Waals surface area contributed by atoms with Gasteiger partial charge < -0.3 is 15.4 Å². The van der Waals surface area contributed by atoms with Gasteiger partial charge in [-0.15, -0.1) is 0 Å². The molecule has 8 heteroatoms. The van der Waals surface area contributed by atoms with Gasteiger partial charge in [-0.05, 0) is 32.4 Å². The van der Waals surface area contributed by atoms with Crippen molar-refractivity contribution in [2.24, 2.45) is 0 Å². The Morgan fingerprint density at radius 2 is 1.93 bits per heavy atom. The average molecular weight is 374 g/mol. The van der Waals surface area contributed by atoms with E-state index < -0.39 is 23.3 Å². The molecule has 0 radical (unpaired) electrons. The van der Waals surface area contributed by atoms with Crippen molar-refractivity contribution in [3.05, 3.63) is 51.2 Å². The van der Waals surface area contributed by atoms with Crippen LogP contribution in [0.1, 0.15) is 33.6 Å². The molecular weight excluding hydrogens is 348 g/mol. The fraction of sp³-hybridized carbons (Fsp3) is 0.421. The standard InChI is InChI=1S/C19H26N4O4/c1-4-6-12-23-16(20)15(17(24)21-19(23)26)22(5-2)18(25)13(3)27-14-10-8-7-9-11-14/h7-11,13H,4-6,12,20H2,1-3H3,(H,21,24,26). The van der Waals surface area contributed by atoms with Crippen molar-refractivity contribution < 1.29 is 9.53 Å². The quantitative estimate of drug-likeness (QED) is 0.731. The SMILES string of the molecule is CCCCn1c(N)c(N(CC)C(=O)C(C)Oc2ccccc2)c(=O)[nH]c1=O. The van der Waals surface area contributed by atoms with Gasteiger partial charge in [-0.2, -0.15) is 0 Å². The number of nitrogens with zero attached hydrogens (tertiary/aromatic N) is 2. The van der Waals surface area contributed by atoms with Gasteiger partial charge in [0.1, 0.15) is 11.6 Å². The third kappa shape index (κ3) is 4.58.